The number of nitriles is 1. The summed E-state index contributed by atoms with van der Waals surface area (Å²) in [6.45, 7) is 4.77. The number of aromatic nitrogens is 2. The van der Waals surface area contributed by atoms with Crippen molar-refractivity contribution in [1.29, 1.82) is 5.26 Å². The minimum Gasteiger partial charge on any atom is -0.439 e. The van der Waals surface area contributed by atoms with Gasteiger partial charge < -0.3 is 9.64 Å². The Morgan fingerprint density at radius 2 is 1.60 bits per heavy atom. The van der Waals surface area contributed by atoms with Crippen LogP contribution in [-0.4, -0.2) is 45.4 Å². The summed E-state index contributed by atoms with van der Waals surface area (Å²) in [7, 11) is 0. The van der Waals surface area contributed by atoms with Crippen LogP contribution in [0.4, 0.5) is 0 Å². The first kappa shape index (κ1) is 28.4. The molecule has 8 nitrogen and oxygen atoms in total. The quantitative estimate of drug-likeness (QED) is 0.247. The van der Waals surface area contributed by atoms with E-state index >= 15 is 0 Å². The van der Waals surface area contributed by atoms with Gasteiger partial charge in [0.25, 0.3) is 5.91 Å². The van der Waals surface area contributed by atoms with Crippen molar-refractivity contribution in [3.63, 3.8) is 0 Å². The molecule has 0 atom stereocenters. The molecule has 3 heterocycles. The van der Waals surface area contributed by atoms with Crippen LogP contribution in [0.3, 0.4) is 0 Å². The maximum Gasteiger partial charge on any atom is 0.272 e. The molecular weight excluding hydrogens is 528 g/mol. The van der Waals surface area contributed by atoms with Gasteiger partial charge in [-0.05, 0) is 68.7 Å². The van der Waals surface area contributed by atoms with Crippen molar-refractivity contribution in [2.75, 3.05) is 13.1 Å². The topological polar surface area (TPSA) is 113 Å². The molecule has 1 amide bonds. The highest BCUT2D eigenvalue weighted by atomic mass is 16.5. The molecule has 42 heavy (non-hydrogen) atoms. The summed E-state index contributed by atoms with van der Waals surface area (Å²) in [5.74, 6) is 0.643. The van der Waals surface area contributed by atoms with Crippen LogP contribution in [0.5, 0.6) is 11.6 Å². The fraction of sp³-hybridized carbons (Fsp3) is 0.235. The summed E-state index contributed by atoms with van der Waals surface area (Å²) in [5.41, 5.74) is 4.47. The molecule has 5 rings (SSSR count). The van der Waals surface area contributed by atoms with Crippen molar-refractivity contribution < 1.29 is 19.1 Å². The first-order valence-corrected chi connectivity index (χ1v) is 13.8. The minimum absolute atomic E-state index is 0.0979. The van der Waals surface area contributed by atoms with Crippen LogP contribution in [0.15, 0.2) is 79.0 Å². The van der Waals surface area contributed by atoms with Crippen LogP contribution in [0.25, 0.3) is 0 Å². The molecule has 8 heteroatoms. The van der Waals surface area contributed by atoms with Crippen LogP contribution >= 0.6 is 0 Å². The van der Waals surface area contributed by atoms with Crippen molar-refractivity contribution in [2.24, 2.45) is 5.92 Å². The van der Waals surface area contributed by atoms with Crippen molar-refractivity contribution in [2.45, 2.75) is 33.1 Å². The average molecular weight is 559 g/mol. The Morgan fingerprint density at radius 3 is 2.21 bits per heavy atom. The van der Waals surface area contributed by atoms with E-state index in [1.165, 1.54) is 6.20 Å². The molecule has 0 radical (unpaired) electrons. The van der Waals surface area contributed by atoms with Gasteiger partial charge in [0.2, 0.25) is 5.88 Å². The molecule has 1 aliphatic rings. The number of carbonyl (C=O) groups is 3. The first-order chi connectivity index (χ1) is 20.3. The van der Waals surface area contributed by atoms with Crippen LogP contribution in [-0.2, 0) is 6.42 Å². The van der Waals surface area contributed by atoms with E-state index < -0.39 is 0 Å². The third kappa shape index (κ3) is 6.58. The fourth-order valence-corrected chi connectivity index (χ4v) is 4.95. The zero-order chi connectivity index (χ0) is 29.6. The van der Waals surface area contributed by atoms with E-state index in [0.29, 0.717) is 59.9 Å². The summed E-state index contributed by atoms with van der Waals surface area (Å²) in [5, 5.41) is 8.93. The fourth-order valence-electron chi connectivity index (χ4n) is 4.95. The van der Waals surface area contributed by atoms with Gasteiger partial charge in [0, 0.05) is 54.5 Å². The number of benzene rings is 2. The van der Waals surface area contributed by atoms with E-state index in [1.54, 1.807) is 53.4 Å². The molecule has 0 N–H and O–H groups in total. The molecule has 0 aliphatic carbocycles. The number of ketones is 2. The number of Topliss-reactive ketones (excluding diaryl/α,β-unsaturated/α-hetero) is 2. The molecule has 0 spiro atoms. The van der Waals surface area contributed by atoms with Crippen LogP contribution < -0.4 is 4.74 Å². The van der Waals surface area contributed by atoms with Gasteiger partial charge in [-0.25, -0.2) is 4.98 Å². The van der Waals surface area contributed by atoms with E-state index in [2.05, 4.69) is 16.0 Å². The van der Waals surface area contributed by atoms with Gasteiger partial charge in [0.1, 0.15) is 11.4 Å². The van der Waals surface area contributed by atoms with Crippen LogP contribution in [0, 0.1) is 31.1 Å². The first-order valence-electron chi connectivity index (χ1n) is 13.8. The number of hydrogen-bond acceptors (Lipinski definition) is 7. The Labute approximate surface area is 244 Å². The molecule has 4 aromatic rings. The van der Waals surface area contributed by atoms with Gasteiger partial charge in [-0.3, -0.25) is 19.4 Å². The second-order valence-corrected chi connectivity index (χ2v) is 10.5. The number of piperidine rings is 1. The highest BCUT2D eigenvalue weighted by molar-refractivity contribution is 5.99. The highest BCUT2D eigenvalue weighted by Crippen LogP contribution is 2.24. The van der Waals surface area contributed by atoms with Gasteiger partial charge in [-0.1, -0.05) is 35.9 Å². The van der Waals surface area contributed by atoms with Gasteiger partial charge in [-0.15, -0.1) is 0 Å². The van der Waals surface area contributed by atoms with E-state index in [0.717, 1.165) is 11.1 Å². The number of hydrogen-bond donors (Lipinski definition) is 0. The molecule has 0 saturated carbocycles. The number of nitrogens with zero attached hydrogens (tertiary/aromatic N) is 4. The van der Waals surface area contributed by atoms with E-state index in [9.17, 15) is 14.4 Å². The lowest BCUT2D eigenvalue weighted by Crippen LogP contribution is -2.40. The third-order valence-corrected chi connectivity index (χ3v) is 7.52. The highest BCUT2D eigenvalue weighted by Gasteiger charge is 2.29. The standard InChI is InChI=1S/C34H30N4O4/c1-22-3-7-25(8-4-22)33(40)26-15-17-38(18-16-26)34(41)30-13-9-28(21-36-30)31(39)19-27-10-14-32(37-23(27)2)42-29-11-5-24(20-35)6-12-29/h3-14,21,26H,15-19H2,1-2H3. The Hall–Kier alpha value is -5.16. The van der Waals surface area contributed by atoms with Gasteiger partial charge in [-0.2, -0.15) is 5.26 Å². The van der Waals surface area contributed by atoms with Crippen molar-refractivity contribution in [3.05, 3.63) is 118 Å². The SMILES string of the molecule is Cc1ccc(C(=O)C2CCN(C(=O)c3ccc(C(=O)Cc4ccc(Oc5ccc(C#N)cc5)nc4C)cn3)CC2)cc1. The summed E-state index contributed by atoms with van der Waals surface area (Å²) in [4.78, 5) is 49.3. The second-order valence-electron chi connectivity index (χ2n) is 10.5. The van der Waals surface area contributed by atoms with Crippen molar-refractivity contribution in [3.8, 4) is 17.7 Å². The summed E-state index contributed by atoms with van der Waals surface area (Å²) in [6, 6.07) is 23.1. The molecule has 0 bridgehead atoms. The summed E-state index contributed by atoms with van der Waals surface area (Å²) in [6.07, 6.45) is 2.79. The zero-order valence-corrected chi connectivity index (χ0v) is 23.5. The molecular formula is C34H30N4O4. The smallest absolute Gasteiger partial charge is 0.272 e. The summed E-state index contributed by atoms with van der Waals surface area (Å²) < 4.78 is 5.76. The molecule has 210 valence electrons. The van der Waals surface area contributed by atoms with Gasteiger partial charge in [0.15, 0.2) is 11.6 Å². The Bertz CT molecular complexity index is 1650. The second kappa shape index (κ2) is 12.6. The van der Waals surface area contributed by atoms with E-state index in [-0.39, 0.29) is 35.5 Å². The number of amides is 1. The number of pyridine rings is 2. The van der Waals surface area contributed by atoms with Crippen LogP contribution in [0.1, 0.15) is 66.4 Å². The largest absolute Gasteiger partial charge is 0.439 e. The number of rotatable bonds is 8. The van der Waals surface area contributed by atoms with Crippen molar-refractivity contribution >= 4 is 17.5 Å². The predicted molar refractivity (Wildman–Crippen MR) is 157 cm³/mol. The number of ether oxygens (including phenoxy) is 1. The Balaban J connectivity index is 1.15. The monoisotopic (exact) mass is 558 g/mol. The zero-order valence-electron chi connectivity index (χ0n) is 23.5. The van der Waals surface area contributed by atoms with E-state index in [4.69, 9.17) is 10.00 Å². The molecule has 1 saturated heterocycles. The number of likely N-dealkylation sites (tertiary alicyclic amines) is 1. The lowest BCUT2D eigenvalue weighted by Gasteiger charge is -2.31. The number of aryl methyl sites for hydroxylation is 2. The lowest BCUT2D eigenvalue weighted by atomic mass is 9.88. The van der Waals surface area contributed by atoms with Crippen LogP contribution in [0.2, 0.25) is 0 Å². The van der Waals surface area contributed by atoms with E-state index in [1.807, 2.05) is 38.1 Å². The Kier molecular flexibility index (Phi) is 8.49. The van der Waals surface area contributed by atoms with Crippen molar-refractivity contribution in [1.82, 2.24) is 14.9 Å². The minimum atomic E-state index is -0.201. The van der Waals surface area contributed by atoms with Gasteiger partial charge in [0.05, 0.1) is 11.6 Å². The predicted octanol–water partition coefficient (Wildman–Crippen LogP) is 5.92. The molecule has 1 fully saturated rings. The summed E-state index contributed by atoms with van der Waals surface area (Å²) >= 11 is 0. The number of carbonyl (C=O) groups excluding carboxylic acids is 3. The normalized spacial score (nSPS) is 13.3. The van der Waals surface area contributed by atoms with Gasteiger partial charge >= 0.3 is 0 Å². The maximum absolute atomic E-state index is 13.1. The molecule has 2 aromatic heterocycles. The maximum atomic E-state index is 13.1. The molecule has 1 aliphatic heterocycles. The molecule has 2 aromatic carbocycles. The lowest BCUT2D eigenvalue weighted by molar-refractivity contribution is 0.0645. The average Bonchev–Trinajstić information content (AvgIpc) is 3.02. The Morgan fingerprint density at radius 1 is 0.905 bits per heavy atom. The molecule has 0 unspecified atom stereocenters. The third-order valence-electron chi connectivity index (χ3n) is 7.52.